The smallest absolute Gasteiger partial charge is 0.250 e. The number of carbonyl (C=O) groups excluding carboxylic acids is 1. The highest BCUT2D eigenvalue weighted by atomic mass is 32.2. The molecule has 2 aromatic heterocycles. The van der Waals surface area contributed by atoms with Gasteiger partial charge in [0, 0.05) is 11.6 Å². The summed E-state index contributed by atoms with van der Waals surface area (Å²) in [6, 6.07) is 7.32. The van der Waals surface area contributed by atoms with E-state index in [0.717, 1.165) is 11.3 Å². The molecule has 0 spiro atoms. The van der Waals surface area contributed by atoms with Crippen molar-refractivity contribution in [1.82, 2.24) is 9.71 Å². The van der Waals surface area contributed by atoms with Crippen LogP contribution in [0.4, 0.5) is 5.69 Å². The number of nitrogens with zero attached hydrogens (tertiary/aromatic N) is 1. The van der Waals surface area contributed by atoms with Crippen molar-refractivity contribution in [2.24, 2.45) is 0 Å². The lowest BCUT2D eigenvalue weighted by atomic mass is 10.2. The summed E-state index contributed by atoms with van der Waals surface area (Å²) in [6.07, 6.45) is 0. The first-order valence-electron chi connectivity index (χ1n) is 8.03. The van der Waals surface area contributed by atoms with Gasteiger partial charge >= 0.3 is 0 Å². The highest BCUT2D eigenvalue weighted by Gasteiger charge is 2.23. The summed E-state index contributed by atoms with van der Waals surface area (Å²) in [6.45, 7) is 5.45. The van der Waals surface area contributed by atoms with E-state index in [1.165, 1.54) is 13.0 Å². The Morgan fingerprint density at radius 3 is 2.65 bits per heavy atom. The lowest BCUT2D eigenvalue weighted by Gasteiger charge is -2.13. The summed E-state index contributed by atoms with van der Waals surface area (Å²) >= 11 is 1.09. The minimum atomic E-state index is -3.71. The van der Waals surface area contributed by atoms with Crippen LogP contribution in [-0.4, -0.2) is 25.4 Å². The molecule has 9 heteroatoms. The van der Waals surface area contributed by atoms with Gasteiger partial charge in [0.15, 0.2) is 11.5 Å². The minimum Gasteiger partial charge on any atom is -0.440 e. The van der Waals surface area contributed by atoms with E-state index >= 15 is 0 Å². The summed E-state index contributed by atoms with van der Waals surface area (Å²) < 4.78 is 32.6. The number of amides is 1. The molecule has 1 amide bonds. The number of aromatic nitrogens is 1. The normalized spacial score (nSPS) is 13.2. The van der Waals surface area contributed by atoms with Gasteiger partial charge in [-0.3, -0.25) is 4.79 Å². The first-order valence-corrected chi connectivity index (χ1v) is 10.4. The lowest BCUT2D eigenvalue weighted by molar-refractivity contribution is -0.117. The topological polar surface area (TPSA) is 101 Å². The van der Waals surface area contributed by atoms with Crippen LogP contribution in [0.5, 0.6) is 0 Å². The number of rotatable bonds is 6. The fraction of sp³-hybridized carbons (Fsp3) is 0.294. The summed E-state index contributed by atoms with van der Waals surface area (Å²) in [4.78, 5) is 16.7. The minimum absolute atomic E-state index is 0.159. The van der Waals surface area contributed by atoms with Crippen molar-refractivity contribution in [1.29, 1.82) is 0 Å². The average molecular weight is 393 g/mol. The number of sulfonamides is 1. The van der Waals surface area contributed by atoms with Gasteiger partial charge in [-0.25, -0.2) is 13.4 Å². The monoisotopic (exact) mass is 393 g/mol. The number of fused-ring (bicyclic) bond motifs is 1. The van der Waals surface area contributed by atoms with Gasteiger partial charge in [-0.2, -0.15) is 4.72 Å². The van der Waals surface area contributed by atoms with Crippen LogP contribution in [-0.2, 0) is 14.8 Å². The van der Waals surface area contributed by atoms with Crippen molar-refractivity contribution in [2.75, 3.05) is 5.32 Å². The van der Waals surface area contributed by atoms with Gasteiger partial charge in [-0.05, 0) is 36.6 Å². The lowest BCUT2D eigenvalue weighted by Crippen LogP contribution is -2.41. The average Bonchev–Trinajstić information content (AvgIpc) is 3.24. The predicted octanol–water partition coefficient (Wildman–Crippen LogP) is 3.32. The number of hydrogen-bond donors (Lipinski definition) is 2. The van der Waals surface area contributed by atoms with Crippen LogP contribution in [0.3, 0.4) is 0 Å². The van der Waals surface area contributed by atoms with Gasteiger partial charge in [0.05, 0.1) is 6.04 Å². The van der Waals surface area contributed by atoms with Crippen LogP contribution in [0.15, 0.2) is 44.3 Å². The van der Waals surface area contributed by atoms with E-state index in [-0.39, 0.29) is 10.1 Å². The summed E-state index contributed by atoms with van der Waals surface area (Å²) in [5, 5.41) is 4.36. The van der Waals surface area contributed by atoms with Gasteiger partial charge in [0.2, 0.25) is 5.91 Å². The molecule has 0 radical (unpaired) electrons. The SMILES string of the molecule is CC(C)c1nc2cc(NC(=O)[C@H](C)NS(=O)(=O)c3cccs3)ccc2o1. The Bertz CT molecular complexity index is 1020. The molecule has 0 aliphatic rings. The number of anilines is 1. The maximum absolute atomic E-state index is 12.3. The Kier molecular flexibility index (Phi) is 5.12. The Hall–Kier alpha value is -2.23. The van der Waals surface area contributed by atoms with E-state index < -0.39 is 22.0 Å². The van der Waals surface area contributed by atoms with Crippen molar-refractivity contribution in [3.63, 3.8) is 0 Å². The van der Waals surface area contributed by atoms with Crippen LogP contribution in [0.25, 0.3) is 11.1 Å². The van der Waals surface area contributed by atoms with Crippen molar-refractivity contribution in [3.05, 3.63) is 41.6 Å². The number of carbonyl (C=O) groups is 1. The maximum atomic E-state index is 12.3. The molecule has 0 bridgehead atoms. The fourth-order valence-electron chi connectivity index (χ4n) is 2.28. The zero-order valence-electron chi connectivity index (χ0n) is 14.5. The van der Waals surface area contributed by atoms with Crippen molar-refractivity contribution >= 4 is 44.1 Å². The van der Waals surface area contributed by atoms with E-state index in [0.29, 0.717) is 22.7 Å². The summed E-state index contributed by atoms with van der Waals surface area (Å²) in [5.41, 5.74) is 1.80. The highest BCUT2D eigenvalue weighted by molar-refractivity contribution is 7.91. The number of nitrogens with one attached hydrogen (secondary N) is 2. The molecule has 1 atom stereocenters. The van der Waals surface area contributed by atoms with Gasteiger partial charge in [0.1, 0.15) is 9.73 Å². The Morgan fingerprint density at radius 1 is 1.23 bits per heavy atom. The number of thiophene rings is 1. The molecule has 0 saturated heterocycles. The zero-order chi connectivity index (χ0) is 18.9. The molecule has 0 aliphatic heterocycles. The van der Waals surface area contributed by atoms with E-state index in [2.05, 4.69) is 15.0 Å². The van der Waals surface area contributed by atoms with Gasteiger partial charge in [-0.1, -0.05) is 19.9 Å². The molecule has 2 N–H and O–H groups in total. The zero-order valence-corrected chi connectivity index (χ0v) is 16.1. The number of oxazole rings is 1. The van der Waals surface area contributed by atoms with Gasteiger partial charge in [0.25, 0.3) is 10.0 Å². The quantitative estimate of drug-likeness (QED) is 0.669. The standard InChI is InChI=1S/C17H19N3O4S2/c1-10(2)17-19-13-9-12(6-7-14(13)24-17)18-16(21)11(3)20-26(22,23)15-5-4-8-25-15/h4-11,20H,1-3H3,(H,18,21)/t11-/m0/s1. The highest BCUT2D eigenvalue weighted by Crippen LogP contribution is 2.24. The van der Waals surface area contributed by atoms with Crippen LogP contribution in [0.2, 0.25) is 0 Å². The fourth-order valence-corrected chi connectivity index (χ4v) is 4.49. The van der Waals surface area contributed by atoms with Crippen LogP contribution in [0, 0.1) is 0 Å². The molecule has 26 heavy (non-hydrogen) atoms. The second kappa shape index (κ2) is 7.18. The third-order valence-corrected chi connectivity index (χ3v) is 6.59. The Morgan fingerprint density at radius 2 is 2.00 bits per heavy atom. The van der Waals surface area contributed by atoms with E-state index in [1.54, 1.807) is 29.6 Å². The molecular formula is C17H19N3O4S2. The molecule has 0 saturated carbocycles. The second-order valence-corrected chi connectivity index (χ2v) is 9.04. The maximum Gasteiger partial charge on any atom is 0.250 e. The first-order chi connectivity index (χ1) is 12.3. The number of hydrogen-bond acceptors (Lipinski definition) is 6. The molecule has 0 fully saturated rings. The van der Waals surface area contributed by atoms with Crippen LogP contribution < -0.4 is 10.0 Å². The molecule has 7 nitrogen and oxygen atoms in total. The van der Waals surface area contributed by atoms with Crippen molar-refractivity contribution in [2.45, 2.75) is 36.9 Å². The number of benzene rings is 1. The third-order valence-electron chi connectivity index (χ3n) is 3.65. The molecule has 3 aromatic rings. The predicted molar refractivity (Wildman–Crippen MR) is 101 cm³/mol. The van der Waals surface area contributed by atoms with E-state index in [4.69, 9.17) is 4.42 Å². The molecule has 3 rings (SSSR count). The van der Waals surface area contributed by atoms with Gasteiger partial charge in [-0.15, -0.1) is 11.3 Å². The first kappa shape index (κ1) is 18.6. The van der Waals surface area contributed by atoms with Gasteiger partial charge < -0.3 is 9.73 Å². The summed E-state index contributed by atoms with van der Waals surface area (Å²) in [5.74, 6) is 0.324. The largest absolute Gasteiger partial charge is 0.440 e. The third kappa shape index (κ3) is 3.95. The molecule has 0 aliphatic carbocycles. The summed E-state index contributed by atoms with van der Waals surface area (Å²) in [7, 11) is -3.71. The van der Waals surface area contributed by atoms with E-state index in [1.807, 2.05) is 13.8 Å². The van der Waals surface area contributed by atoms with E-state index in [9.17, 15) is 13.2 Å². The molecule has 0 unspecified atom stereocenters. The van der Waals surface area contributed by atoms with Crippen molar-refractivity contribution in [3.8, 4) is 0 Å². The molecule has 1 aromatic carbocycles. The van der Waals surface area contributed by atoms with Crippen molar-refractivity contribution < 1.29 is 17.6 Å². The Balaban J connectivity index is 1.71. The Labute approximate surface area is 155 Å². The van der Waals surface area contributed by atoms with Crippen LogP contribution in [0.1, 0.15) is 32.6 Å². The molecule has 138 valence electrons. The molecular weight excluding hydrogens is 374 g/mol. The van der Waals surface area contributed by atoms with Crippen LogP contribution >= 0.6 is 11.3 Å². The molecule has 2 heterocycles. The second-order valence-electron chi connectivity index (χ2n) is 6.15.